The first-order chi connectivity index (χ1) is 39.8. The van der Waals surface area contributed by atoms with Crippen LogP contribution in [-0.4, -0.2) is 22.9 Å². The van der Waals surface area contributed by atoms with Gasteiger partial charge in [0, 0.05) is 51.3 Å². The molecule has 68 heavy (non-hydrogen) atoms. The van der Waals surface area contributed by atoms with E-state index in [1.807, 2.05) is 62.3 Å². The monoisotopic (exact) mass is 910 g/mol. The minimum Gasteiger partial charge on any atom is -0.345 e. The van der Waals surface area contributed by atoms with Crippen LogP contribution in [0.15, 0.2) is 115 Å². The van der Waals surface area contributed by atoms with Crippen LogP contribution in [0.4, 0.5) is 28.4 Å². The van der Waals surface area contributed by atoms with E-state index in [1.54, 1.807) is 53.5 Å². The predicted molar refractivity (Wildman–Crippen MR) is 296 cm³/mol. The molecule has 3 aliphatic heterocycles. The topological polar surface area (TPSA) is 16.3 Å². The first-order valence-corrected chi connectivity index (χ1v) is 23.5. The van der Waals surface area contributed by atoms with Crippen molar-refractivity contribution in [2.75, 3.05) is 16.8 Å². The first-order valence-electron chi connectivity index (χ1n) is 33.0. The summed E-state index contributed by atoms with van der Waals surface area (Å²) in [7, 11) is 1.57. The number of rotatable bonds is 1. The van der Waals surface area contributed by atoms with Crippen LogP contribution in [0, 0.1) is 0 Å². The van der Waals surface area contributed by atoms with E-state index < -0.39 is 87.8 Å². The van der Waals surface area contributed by atoms with Crippen molar-refractivity contribution in [3.05, 3.63) is 143 Å². The molecule has 0 fully saturated rings. The summed E-state index contributed by atoms with van der Waals surface area (Å²) in [5.74, 6) is 0. The van der Waals surface area contributed by atoms with Crippen molar-refractivity contribution in [1.82, 2.24) is 9.13 Å². The maximum atomic E-state index is 10.7. The summed E-state index contributed by atoms with van der Waals surface area (Å²) < 4.78 is 193. The summed E-state index contributed by atoms with van der Waals surface area (Å²) in [6.45, 7) is 25.7. The van der Waals surface area contributed by atoms with E-state index in [-0.39, 0.29) is 188 Å². The zero-order valence-electron chi connectivity index (χ0n) is 60.9. The second kappa shape index (κ2) is 13.5. The average Bonchev–Trinajstić information content (AvgIpc) is 1.66. The molecule has 0 saturated carbocycles. The van der Waals surface area contributed by atoms with E-state index in [1.165, 1.54) is 14.0 Å². The number of aromatic nitrogens is 2. The maximum absolute atomic E-state index is 10.7. The van der Waals surface area contributed by atoms with Gasteiger partial charge in [-0.1, -0.05) is 140 Å². The third-order valence-corrected chi connectivity index (χ3v) is 13.8. The molecule has 0 unspecified atom stereocenters. The quantitative estimate of drug-likeness (QED) is 0.153. The van der Waals surface area contributed by atoms with E-state index >= 15 is 0 Å². The Morgan fingerprint density at radius 1 is 0.397 bits per heavy atom. The molecule has 0 amide bonds. The van der Waals surface area contributed by atoms with Gasteiger partial charge in [0.2, 0.25) is 0 Å². The SMILES string of the molecule is [2H]c1c([2H])c2c3c(c1[2H])-n1c4c([2H])c([2H])c(C(C)(C)C)c([2H])c4c4c([2H])c(C(C)(C)C)c([2H])c(c41)N3c1c([2H])c(C(C)(C)C)c([2H])c3c1B2c1c([2H])c([2H])c(-n2c4c([2H])c([2H])c(C(C)(C)C)c([2H])c4c4c([2H])c(C(C)(C)C)c([2H])c([2H])c42)c([2H])c1N3C. The van der Waals surface area contributed by atoms with Crippen LogP contribution in [0.3, 0.4) is 0 Å². The summed E-state index contributed by atoms with van der Waals surface area (Å²) in [4.78, 5) is 3.11. The molecule has 5 heteroatoms. The molecule has 5 heterocycles. The number of benzene rings is 7. The van der Waals surface area contributed by atoms with E-state index in [0.717, 1.165) is 0 Å². The molecule has 4 nitrogen and oxygen atoms in total. The highest BCUT2D eigenvalue weighted by molar-refractivity contribution is 7.00. The van der Waals surface area contributed by atoms with Crippen molar-refractivity contribution in [3.63, 3.8) is 0 Å². The van der Waals surface area contributed by atoms with E-state index in [2.05, 4.69) is 0 Å². The summed E-state index contributed by atoms with van der Waals surface area (Å²) in [5.41, 5.74) is -4.49. The molecule has 7 aromatic carbocycles. The van der Waals surface area contributed by atoms with Crippen LogP contribution < -0.4 is 26.2 Å². The number of anilines is 5. The molecule has 0 spiro atoms. The number of hydrogen-bond acceptors (Lipinski definition) is 2. The summed E-state index contributed by atoms with van der Waals surface area (Å²) in [5, 5.41) is 0.215. The van der Waals surface area contributed by atoms with Crippen LogP contribution >= 0.6 is 0 Å². The van der Waals surface area contributed by atoms with Gasteiger partial charge in [-0.15, -0.1) is 0 Å². The number of para-hydroxylation sites is 1. The van der Waals surface area contributed by atoms with Crippen molar-refractivity contribution < 1.29 is 26.0 Å². The average molecular weight is 910 g/mol. The van der Waals surface area contributed by atoms with Crippen LogP contribution in [0.1, 0.15) is 158 Å². The first kappa shape index (κ1) is 27.1. The Kier molecular flexibility index (Phi) is 5.39. The van der Waals surface area contributed by atoms with Crippen LogP contribution in [0.25, 0.3) is 55.0 Å². The van der Waals surface area contributed by atoms with Gasteiger partial charge in [0.1, 0.15) is 0 Å². The van der Waals surface area contributed by atoms with Crippen molar-refractivity contribution in [2.24, 2.45) is 0 Å². The highest BCUT2D eigenvalue weighted by Crippen LogP contribution is 2.54. The molecule has 2 aromatic heterocycles. The number of nitrogens with zero attached hydrogens (tertiary/aromatic N) is 4. The Labute approximate surface area is 431 Å². The summed E-state index contributed by atoms with van der Waals surface area (Å²) in [6.07, 6.45) is 0. The second-order valence-electron chi connectivity index (χ2n) is 24.1. The van der Waals surface area contributed by atoms with Crippen LogP contribution in [0.5, 0.6) is 0 Å². The largest absolute Gasteiger partial charge is 0.345 e. The lowest BCUT2D eigenvalue weighted by atomic mass is 9.33. The highest BCUT2D eigenvalue weighted by Gasteiger charge is 2.46. The zero-order valence-corrected chi connectivity index (χ0v) is 41.9. The summed E-state index contributed by atoms with van der Waals surface area (Å²) >= 11 is 0. The number of hydrogen-bond donors (Lipinski definition) is 0. The predicted octanol–water partition coefficient (Wildman–Crippen LogP) is 15.1. The van der Waals surface area contributed by atoms with Gasteiger partial charge in [-0.2, -0.15) is 0 Å². The molecular weight excluding hydrogens is 824 g/mol. The fraction of sp³-hybridized carbons (Fsp3) is 0.333. The highest BCUT2D eigenvalue weighted by atomic mass is 15.2. The van der Waals surface area contributed by atoms with Gasteiger partial charge in [-0.05, 0) is 150 Å². The van der Waals surface area contributed by atoms with Gasteiger partial charge in [0.05, 0.1) is 65.2 Å². The Morgan fingerprint density at radius 2 is 0.868 bits per heavy atom. The fourth-order valence-electron chi connectivity index (χ4n) is 9.95. The molecule has 9 aromatic rings. The van der Waals surface area contributed by atoms with E-state index in [9.17, 15) is 26.0 Å². The van der Waals surface area contributed by atoms with Crippen molar-refractivity contribution >= 4 is 95.1 Å². The molecule has 0 radical (unpaired) electrons. The second-order valence-corrected chi connectivity index (χ2v) is 24.1. The fourth-order valence-corrected chi connectivity index (χ4v) is 9.95. The lowest BCUT2D eigenvalue weighted by Gasteiger charge is -2.46. The molecule has 0 saturated heterocycles. The van der Waals surface area contributed by atoms with Gasteiger partial charge in [0.15, 0.2) is 0 Å². The number of fused-ring (bicyclic) bond motifs is 12. The molecular formula is C63H67BN4. The third-order valence-electron chi connectivity index (χ3n) is 13.8. The van der Waals surface area contributed by atoms with Crippen molar-refractivity contribution in [3.8, 4) is 11.4 Å². The molecule has 0 atom stereocenters. The Hall–Kier alpha value is -6.20. The van der Waals surface area contributed by atoms with Gasteiger partial charge in [0.25, 0.3) is 6.71 Å². The minimum atomic E-state index is -1.51. The Morgan fingerprint density at radius 3 is 1.41 bits per heavy atom. The van der Waals surface area contributed by atoms with Gasteiger partial charge < -0.3 is 18.9 Å². The van der Waals surface area contributed by atoms with Crippen molar-refractivity contribution in [1.29, 1.82) is 0 Å². The van der Waals surface area contributed by atoms with E-state index in [0.29, 0.717) is 0 Å². The van der Waals surface area contributed by atoms with Crippen LogP contribution in [0.2, 0.25) is 0 Å². The molecule has 3 aliphatic rings. The molecule has 0 aliphatic carbocycles. The molecule has 342 valence electrons. The lowest BCUT2D eigenvalue weighted by Crippen LogP contribution is -2.62. The smallest absolute Gasteiger partial charge is 0.252 e. The van der Waals surface area contributed by atoms with Gasteiger partial charge >= 0.3 is 0 Å². The maximum Gasteiger partial charge on any atom is 0.252 e. The van der Waals surface area contributed by atoms with Crippen LogP contribution in [-0.2, 0) is 27.1 Å². The van der Waals surface area contributed by atoms with Crippen molar-refractivity contribution in [2.45, 2.75) is 131 Å². The third kappa shape index (κ3) is 5.99. The van der Waals surface area contributed by atoms with Gasteiger partial charge in [-0.3, -0.25) is 0 Å². The molecule has 0 bridgehead atoms. The summed E-state index contributed by atoms with van der Waals surface area (Å²) in [6, 6.07) is -7.03. The standard InChI is InChI=1S/C63H67BN4/c1-59(2,3)36-20-25-48-42(28-36)43-29-37(60(4,5)6)21-26-49(43)66(48)41-23-24-46-52(35-41)65(16)53-32-40(63(13,14)15)33-54-56(53)64(46)47-18-17-19-51-58(47)68(54)55-34-39(62(10,11)12)31-45-44-30-38(61(7,8)9)22-27-50(44)67(51)57(45)55/h17-35H,1-16H3/i17D,18D,19D,20D,21D,22D,23D,24D,25D,26D,27D,28D,29D,30D,31D,32D,33D,34D,35D. The Bertz CT molecular complexity index is 4700. The van der Waals surface area contributed by atoms with E-state index in [4.69, 9.17) is 0 Å². The molecule has 12 rings (SSSR count). The molecule has 0 N–H and O–H groups in total. The zero-order chi connectivity index (χ0) is 64.6. The Balaban J connectivity index is 1.34. The normalized spacial score (nSPS) is 18.6. The lowest BCUT2D eigenvalue weighted by molar-refractivity contribution is 0.590. The van der Waals surface area contributed by atoms with Gasteiger partial charge in [-0.25, -0.2) is 0 Å². The minimum absolute atomic E-state index is 0.0118.